The van der Waals surface area contributed by atoms with Crippen LogP contribution in [0.1, 0.15) is 21.6 Å². The molecule has 0 atom stereocenters. The van der Waals surface area contributed by atoms with Gasteiger partial charge < -0.3 is 5.32 Å². The SMILES string of the molecule is O=C(NCCc1ccc(Cl)cc1Cl)c1cnn(-c2ccccc2)c1C(F)(F)F. The summed E-state index contributed by atoms with van der Waals surface area (Å²) in [5, 5.41) is 7.15. The van der Waals surface area contributed by atoms with E-state index in [9.17, 15) is 18.0 Å². The van der Waals surface area contributed by atoms with Gasteiger partial charge in [0.15, 0.2) is 5.69 Å². The molecule has 0 radical (unpaired) electrons. The van der Waals surface area contributed by atoms with Crippen LogP contribution in [0.2, 0.25) is 10.0 Å². The van der Waals surface area contributed by atoms with E-state index in [1.54, 1.807) is 36.4 Å². The highest BCUT2D eigenvalue weighted by Gasteiger charge is 2.40. The van der Waals surface area contributed by atoms with Crippen LogP contribution in [0.15, 0.2) is 54.7 Å². The third-order valence-corrected chi connectivity index (χ3v) is 4.57. The lowest BCUT2D eigenvalue weighted by Gasteiger charge is -2.13. The van der Waals surface area contributed by atoms with Gasteiger partial charge >= 0.3 is 6.18 Å². The molecule has 0 aliphatic heterocycles. The Balaban J connectivity index is 1.79. The zero-order chi connectivity index (χ0) is 20.3. The van der Waals surface area contributed by atoms with Crippen LogP contribution in [0.3, 0.4) is 0 Å². The van der Waals surface area contributed by atoms with Gasteiger partial charge in [0.1, 0.15) is 0 Å². The number of halogens is 5. The standard InChI is InChI=1S/C19H14Cl2F3N3O/c20-13-7-6-12(16(21)10-13)8-9-25-18(28)15-11-26-27(17(15)19(22,23)24)14-4-2-1-3-5-14/h1-7,10-11H,8-9H2,(H,25,28). The molecule has 146 valence electrons. The van der Waals surface area contributed by atoms with Crippen molar-refractivity contribution in [2.75, 3.05) is 6.54 Å². The molecular weight excluding hydrogens is 414 g/mol. The third kappa shape index (κ3) is 4.48. The predicted molar refractivity (Wildman–Crippen MR) is 101 cm³/mol. The molecule has 0 spiro atoms. The fraction of sp³-hybridized carbons (Fsp3) is 0.158. The van der Waals surface area contributed by atoms with Gasteiger partial charge in [0.25, 0.3) is 5.91 Å². The van der Waals surface area contributed by atoms with Gasteiger partial charge in [0, 0.05) is 16.6 Å². The van der Waals surface area contributed by atoms with Crippen molar-refractivity contribution in [3.8, 4) is 5.69 Å². The summed E-state index contributed by atoms with van der Waals surface area (Å²) in [4.78, 5) is 12.4. The number of para-hydroxylation sites is 1. The zero-order valence-electron chi connectivity index (χ0n) is 14.3. The maximum absolute atomic E-state index is 13.6. The van der Waals surface area contributed by atoms with E-state index in [-0.39, 0.29) is 12.2 Å². The first kappa shape index (κ1) is 20.2. The van der Waals surface area contributed by atoms with Crippen LogP contribution in [-0.4, -0.2) is 22.2 Å². The van der Waals surface area contributed by atoms with E-state index in [2.05, 4.69) is 10.4 Å². The lowest BCUT2D eigenvalue weighted by Crippen LogP contribution is -2.28. The molecule has 28 heavy (non-hydrogen) atoms. The van der Waals surface area contributed by atoms with Crippen LogP contribution in [0.4, 0.5) is 13.2 Å². The number of rotatable bonds is 5. The summed E-state index contributed by atoms with van der Waals surface area (Å²) >= 11 is 11.9. The highest BCUT2D eigenvalue weighted by atomic mass is 35.5. The molecule has 2 aromatic carbocycles. The monoisotopic (exact) mass is 427 g/mol. The maximum Gasteiger partial charge on any atom is 0.434 e. The zero-order valence-corrected chi connectivity index (χ0v) is 15.8. The molecule has 1 heterocycles. The Morgan fingerprint density at radius 1 is 1.11 bits per heavy atom. The number of carbonyl (C=O) groups is 1. The average molecular weight is 428 g/mol. The molecule has 3 aromatic rings. The molecular formula is C19H14Cl2F3N3O. The second-order valence-electron chi connectivity index (χ2n) is 5.89. The average Bonchev–Trinajstić information content (AvgIpc) is 3.10. The van der Waals surface area contributed by atoms with E-state index in [0.29, 0.717) is 21.1 Å². The molecule has 0 aliphatic rings. The first-order chi connectivity index (χ1) is 13.3. The van der Waals surface area contributed by atoms with Crippen molar-refractivity contribution in [2.45, 2.75) is 12.6 Å². The molecule has 0 aliphatic carbocycles. The normalized spacial score (nSPS) is 11.5. The molecule has 0 unspecified atom stereocenters. The van der Waals surface area contributed by atoms with E-state index < -0.39 is 23.3 Å². The second kappa shape index (κ2) is 8.24. The van der Waals surface area contributed by atoms with Gasteiger partial charge in [-0.2, -0.15) is 18.3 Å². The highest BCUT2D eigenvalue weighted by Crippen LogP contribution is 2.33. The molecule has 9 heteroatoms. The van der Waals surface area contributed by atoms with E-state index >= 15 is 0 Å². The molecule has 1 amide bonds. The van der Waals surface area contributed by atoms with Crippen LogP contribution in [0.25, 0.3) is 5.69 Å². The molecule has 4 nitrogen and oxygen atoms in total. The minimum absolute atomic E-state index is 0.105. The summed E-state index contributed by atoms with van der Waals surface area (Å²) in [6.45, 7) is 0.105. The van der Waals surface area contributed by atoms with Gasteiger partial charge in [-0.25, -0.2) is 4.68 Å². The molecule has 0 bridgehead atoms. The van der Waals surface area contributed by atoms with Crippen molar-refractivity contribution < 1.29 is 18.0 Å². The van der Waals surface area contributed by atoms with Gasteiger partial charge in [0.05, 0.1) is 17.4 Å². The Bertz CT molecular complexity index is 988. The Hall–Kier alpha value is -2.51. The smallest absolute Gasteiger partial charge is 0.352 e. The molecule has 3 rings (SSSR count). The quantitative estimate of drug-likeness (QED) is 0.610. The van der Waals surface area contributed by atoms with Crippen molar-refractivity contribution in [3.05, 3.63) is 81.6 Å². The van der Waals surface area contributed by atoms with Crippen LogP contribution in [0, 0.1) is 0 Å². The van der Waals surface area contributed by atoms with Gasteiger partial charge in [-0.1, -0.05) is 47.5 Å². The number of hydrogen-bond donors (Lipinski definition) is 1. The number of carbonyl (C=O) groups excluding carboxylic acids is 1. The third-order valence-electron chi connectivity index (χ3n) is 3.98. The summed E-state index contributed by atoms with van der Waals surface area (Å²) in [5.41, 5.74) is -0.733. The topological polar surface area (TPSA) is 46.9 Å². The van der Waals surface area contributed by atoms with Crippen molar-refractivity contribution in [2.24, 2.45) is 0 Å². The van der Waals surface area contributed by atoms with Gasteiger partial charge in [-0.15, -0.1) is 0 Å². The number of nitrogens with zero attached hydrogens (tertiary/aromatic N) is 2. The van der Waals surface area contributed by atoms with Crippen LogP contribution < -0.4 is 5.32 Å². The number of amides is 1. The lowest BCUT2D eigenvalue weighted by atomic mass is 10.1. The maximum atomic E-state index is 13.6. The Labute approximate surface area is 168 Å². The van der Waals surface area contributed by atoms with E-state index in [4.69, 9.17) is 23.2 Å². The lowest BCUT2D eigenvalue weighted by molar-refractivity contribution is -0.143. The minimum Gasteiger partial charge on any atom is -0.352 e. The van der Waals surface area contributed by atoms with Gasteiger partial charge in [-0.3, -0.25) is 4.79 Å². The summed E-state index contributed by atoms with van der Waals surface area (Å²) in [6, 6.07) is 12.7. The van der Waals surface area contributed by atoms with Gasteiger partial charge in [-0.05, 0) is 36.2 Å². The predicted octanol–water partition coefficient (Wildman–Crippen LogP) is 5.17. The summed E-state index contributed by atoms with van der Waals surface area (Å²) < 4.78 is 41.5. The number of hydrogen-bond acceptors (Lipinski definition) is 2. The largest absolute Gasteiger partial charge is 0.434 e. The molecule has 1 N–H and O–H groups in total. The summed E-state index contributed by atoms with van der Waals surface area (Å²) in [5.74, 6) is -0.861. The fourth-order valence-electron chi connectivity index (χ4n) is 2.68. The van der Waals surface area contributed by atoms with Crippen LogP contribution in [0.5, 0.6) is 0 Å². The summed E-state index contributed by atoms with van der Waals surface area (Å²) in [7, 11) is 0. The molecule has 1 aromatic heterocycles. The van der Waals surface area contributed by atoms with Crippen molar-refractivity contribution >= 4 is 29.1 Å². The number of alkyl halides is 3. The van der Waals surface area contributed by atoms with E-state index in [1.807, 2.05) is 0 Å². The van der Waals surface area contributed by atoms with Crippen molar-refractivity contribution in [1.82, 2.24) is 15.1 Å². The van der Waals surface area contributed by atoms with Crippen molar-refractivity contribution in [1.29, 1.82) is 0 Å². The van der Waals surface area contributed by atoms with Crippen LogP contribution in [-0.2, 0) is 12.6 Å². The molecule has 0 saturated carbocycles. The minimum atomic E-state index is -4.75. The highest BCUT2D eigenvalue weighted by molar-refractivity contribution is 6.35. The molecule has 0 saturated heterocycles. The second-order valence-corrected chi connectivity index (χ2v) is 6.74. The Morgan fingerprint density at radius 3 is 2.46 bits per heavy atom. The number of aromatic nitrogens is 2. The molecule has 0 fully saturated rings. The Morgan fingerprint density at radius 2 is 1.82 bits per heavy atom. The number of benzene rings is 2. The fourth-order valence-corrected chi connectivity index (χ4v) is 3.19. The first-order valence-electron chi connectivity index (χ1n) is 8.20. The van der Waals surface area contributed by atoms with E-state index in [0.717, 1.165) is 11.8 Å². The summed E-state index contributed by atoms with van der Waals surface area (Å²) in [6.07, 6.45) is -3.49. The van der Waals surface area contributed by atoms with Gasteiger partial charge in [0.2, 0.25) is 0 Å². The van der Waals surface area contributed by atoms with Crippen LogP contribution >= 0.6 is 23.2 Å². The van der Waals surface area contributed by atoms with E-state index in [1.165, 1.54) is 12.1 Å². The number of nitrogens with one attached hydrogen (secondary N) is 1. The first-order valence-corrected chi connectivity index (χ1v) is 8.95. The Kier molecular flexibility index (Phi) is 5.96. The van der Waals surface area contributed by atoms with Crippen molar-refractivity contribution in [3.63, 3.8) is 0 Å².